The number of rotatable bonds is 2. The Morgan fingerprint density at radius 3 is 2.89 bits per heavy atom. The topological polar surface area (TPSA) is 94.5 Å². The molecule has 1 aromatic carbocycles. The molecule has 1 aromatic heterocycles. The van der Waals surface area contributed by atoms with E-state index in [1.807, 2.05) is 6.07 Å². The minimum atomic E-state index is -0.467. The molecule has 0 saturated heterocycles. The van der Waals surface area contributed by atoms with Crippen LogP contribution in [-0.4, -0.2) is 21.1 Å². The number of H-pyrrole nitrogens is 1. The number of aryl methyl sites for hydroxylation is 1. The van der Waals surface area contributed by atoms with Crippen molar-refractivity contribution >= 4 is 23.2 Å². The predicted octanol–water partition coefficient (Wildman–Crippen LogP) is 1.89. The highest BCUT2D eigenvalue weighted by atomic mass is 35.5. The van der Waals surface area contributed by atoms with Crippen LogP contribution in [0.25, 0.3) is 0 Å². The Bertz CT molecular complexity index is 643. The van der Waals surface area contributed by atoms with Crippen LogP contribution in [0.5, 0.6) is 0 Å². The smallest absolute Gasteiger partial charge is 0.295 e. The number of hydrogen-bond acceptors (Lipinski definition) is 4. The third kappa shape index (κ3) is 2.47. The van der Waals surface area contributed by atoms with Gasteiger partial charge in [-0.2, -0.15) is 5.26 Å². The van der Waals surface area contributed by atoms with Crippen molar-refractivity contribution in [1.29, 1.82) is 5.26 Å². The van der Waals surface area contributed by atoms with Crippen molar-refractivity contribution < 1.29 is 4.79 Å². The van der Waals surface area contributed by atoms with E-state index < -0.39 is 5.91 Å². The standard InChI is InChI=1S/C11H8ClN5O/c1-6-14-10(17-16-6)11(18)15-9-3-2-7(5-13)4-8(9)12/h2-4H,1H3,(H,15,18)(H,14,16,17). The van der Waals surface area contributed by atoms with Crippen LogP contribution in [0.15, 0.2) is 18.2 Å². The number of nitriles is 1. The van der Waals surface area contributed by atoms with Crippen LogP contribution < -0.4 is 5.32 Å². The van der Waals surface area contributed by atoms with Gasteiger partial charge in [0.1, 0.15) is 5.82 Å². The number of carbonyl (C=O) groups excluding carboxylic acids is 1. The molecule has 6 nitrogen and oxygen atoms in total. The van der Waals surface area contributed by atoms with E-state index in [0.717, 1.165) is 0 Å². The number of halogens is 1. The first-order chi connectivity index (χ1) is 8.60. The molecule has 0 aliphatic rings. The summed E-state index contributed by atoms with van der Waals surface area (Å²) in [6.07, 6.45) is 0. The molecule has 1 amide bonds. The Balaban J connectivity index is 2.20. The van der Waals surface area contributed by atoms with Gasteiger partial charge in [0.2, 0.25) is 5.82 Å². The summed E-state index contributed by atoms with van der Waals surface area (Å²) >= 11 is 5.93. The lowest BCUT2D eigenvalue weighted by molar-refractivity contribution is 0.101. The summed E-state index contributed by atoms with van der Waals surface area (Å²) in [5.41, 5.74) is 0.829. The zero-order valence-electron chi connectivity index (χ0n) is 9.36. The van der Waals surface area contributed by atoms with Crippen LogP contribution >= 0.6 is 11.6 Å². The van der Waals surface area contributed by atoms with Crippen LogP contribution in [0.1, 0.15) is 22.0 Å². The quantitative estimate of drug-likeness (QED) is 0.863. The van der Waals surface area contributed by atoms with E-state index in [-0.39, 0.29) is 10.8 Å². The van der Waals surface area contributed by atoms with Gasteiger partial charge >= 0.3 is 0 Å². The third-order valence-electron chi connectivity index (χ3n) is 2.15. The summed E-state index contributed by atoms with van der Waals surface area (Å²) in [6, 6.07) is 6.54. The fourth-order valence-corrected chi connectivity index (χ4v) is 1.54. The van der Waals surface area contributed by atoms with Crippen molar-refractivity contribution in [2.24, 2.45) is 0 Å². The van der Waals surface area contributed by atoms with E-state index in [2.05, 4.69) is 20.5 Å². The average Bonchev–Trinajstić information content (AvgIpc) is 2.78. The number of carbonyl (C=O) groups is 1. The molecule has 2 rings (SSSR count). The van der Waals surface area contributed by atoms with Gasteiger partial charge in [0.05, 0.1) is 22.3 Å². The zero-order valence-corrected chi connectivity index (χ0v) is 10.1. The molecule has 0 aliphatic heterocycles. The van der Waals surface area contributed by atoms with Gasteiger partial charge in [-0.25, -0.2) is 4.98 Å². The van der Waals surface area contributed by atoms with Crippen LogP contribution in [0.4, 0.5) is 5.69 Å². The molecular formula is C11H8ClN5O. The molecule has 2 aromatic rings. The predicted molar refractivity (Wildman–Crippen MR) is 65.2 cm³/mol. The maximum absolute atomic E-state index is 11.8. The first-order valence-electron chi connectivity index (χ1n) is 5.00. The van der Waals surface area contributed by atoms with Gasteiger partial charge in [0.25, 0.3) is 5.91 Å². The SMILES string of the molecule is Cc1nc(C(=O)Nc2ccc(C#N)cc2Cl)n[nH]1. The molecule has 2 N–H and O–H groups in total. The molecule has 7 heteroatoms. The molecule has 0 aliphatic carbocycles. The lowest BCUT2D eigenvalue weighted by Crippen LogP contribution is -2.14. The molecule has 0 spiro atoms. The van der Waals surface area contributed by atoms with Crippen molar-refractivity contribution in [2.45, 2.75) is 6.92 Å². The monoisotopic (exact) mass is 261 g/mol. The van der Waals surface area contributed by atoms with E-state index >= 15 is 0 Å². The van der Waals surface area contributed by atoms with Crippen molar-refractivity contribution in [3.8, 4) is 6.07 Å². The Morgan fingerprint density at radius 2 is 2.33 bits per heavy atom. The normalized spacial score (nSPS) is 9.83. The van der Waals surface area contributed by atoms with E-state index in [1.54, 1.807) is 19.1 Å². The van der Waals surface area contributed by atoms with Gasteiger partial charge in [-0.15, -0.1) is 5.10 Å². The summed E-state index contributed by atoms with van der Waals surface area (Å²) in [5.74, 6) is 0.116. The number of nitrogens with zero attached hydrogens (tertiary/aromatic N) is 3. The van der Waals surface area contributed by atoms with Crippen molar-refractivity contribution in [3.05, 3.63) is 40.4 Å². The summed E-state index contributed by atoms with van der Waals surface area (Å²) in [6.45, 7) is 1.69. The zero-order chi connectivity index (χ0) is 13.1. The second kappa shape index (κ2) is 4.85. The number of hydrogen-bond donors (Lipinski definition) is 2. The maximum atomic E-state index is 11.8. The van der Waals surface area contributed by atoms with Crippen LogP contribution in [-0.2, 0) is 0 Å². The van der Waals surface area contributed by atoms with Crippen LogP contribution in [0.3, 0.4) is 0 Å². The van der Waals surface area contributed by atoms with Gasteiger partial charge in [-0.1, -0.05) is 11.6 Å². The summed E-state index contributed by atoms with van der Waals surface area (Å²) in [5, 5.41) is 17.8. The first kappa shape index (κ1) is 12.1. The van der Waals surface area contributed by atoms with E-state index in [1.165, 1.54) is 6.07 Å². The second-order valence-electron chi connectivity index (χ2n) is 3.50. The Labute approximate surface area is 108 Å². The minimum Gasteiger partial charge on any atom is -0.318 e. The van der Waals surface area contributed by atoms with E-state index in [4.69, 9.17) is 16.9 Å². The van der Waals surface area contributed by atoms with Gasteiger partial charge in [0.15, 0.2) is 0 Å². The highest BCUT2D eigenvalue weighted by Gasteiger charge is 2.13. The second-order valence-corrected chi connectivity index (χ2v) is 3.91. The van der Waals surface area contributed by atoms with Gasteiger partial charge in [-0.05, 0) is 25.1 Å². The molecule has 0 unspecified atom stereocenters. The van der Waals surface area contributed by atoms with E-state index in [9.17, 15) is 4.79 Å². The molecule has 0 atom stereocenters. The highest BCUT2D eigenvalue weighted by molar-refractivity contribution is 6.34. The maximum Gasteiger partial charge on any atom is 0.295 e. The molecule has 0 saturated carbocycles. The molecular weight excluding hydrogens is 254 g/mol. The Morgan fingerprint density at radius 1 is 1.56 bits per heavy atom. The number of aromatic nitrogens is 3. The van der Waals surface area contributed by atoms with Crippen LogP contribution in [0.2, 0.25) is 5.02 Å². The number of aromatic amines is 1. The minimum absolute atomic E-state index is 0.0351. The van der Waals surface area contributed by atoms with E-state index in [0.29, 0.717) is 17.1 Å². The number of amides is 1. The Kier molecular flexibility index (Phi) is 3.26. The highest BCUT2D eigenvalue weighted by Crippen LogP contribution is 2.23. The number of anilines is 1. The average molecular weight is 262 g/mol. The van der Waals surface area contributed by atoms with Gasteiger partial charge in [0, 0.05) is 0 Å². The number of nitrogens with one attached hydrogen (secondary N) is 2. The first-order valence-corrected chi connectivity index (χ1v) is 5.38. The summed E-state index contributed by atoms with van der Waals surface area (Å²) in [7, 11) is 0. The molecule has 90 valence electrons. The lowest BCUT2D eigenvalue weighted by Gasteiger charge is -2.04. The van der Waals surface area contributed by atoms with Crippen molar-refractivity contribution in [3.63, 3.8) is 0 Å². The summed E-state index contributed by atoms with van der Waals surface area (Å²) in [4.78, 5) is 15.7. The molecule has 0 fully saturated rings. The van der Waals surface area contributed by atoms with Crippen LogP contribution in [0, 0.1) is 18.3 Å². The van der Waals surface area contributed by atoms with Crippen molar-refractivity contribution in [1.82, 2.24) is 15.2 Å². The molecule has 1 heterocycles. The fraction of sp³-hybridized carbons (Fsp3) is 0.0909. The molecule has 18 heavy (non-hydrogen) atoms. The molecule has 0 radical (unpaired) electrons. The fourth-order valence-electron chi connectivity index (χ4n) is 1.31. The van der Waals surface area contributed by atoms with Crippen molar-refractivity contribution in [2.75, 3.05) is 5.32 Å². The van der Waals surface area contributed by atoms with Gasteiger partial charge < -0.3 is 5.32 Å². The third-order valence-corrected chi connectivity index (χ3v) is 2.46. The Hall–Kier alpha value is -2.39. The molecule has 0 bridgehead atoms. The largest absolute Gasteiger partial charge is 0.318 e. The number of benzene rings is 1. The summed E-state index contributed by atoms with van der Waals surface area (Å²) < 4.78 is 0. The van der Waals surface area contributed by atoms with Gasteiger partial charge in [-0.3, -0.25) is 9.89 Å². The lowest BCUT2D eigenvalue weighted by atomic mass is 10.2.